The molecular formula is C9H14O2. The second kappa shape index (κ2) is 7.06. The van der Waals surface area contributed by atoms with Crippen molar-refractivity contribution >= 4 is 5.97 Å². The summed E-state index contributed by atoms with van der Waals surface area (Å²) in [6.45, 7) is 3.49. The minimum atomic E-state index is -0.287. The maximum atomic E-state index is 10.2. The lowest BCUT2D eigenvalue weighted by atomic mass is 10.3. The average Bonchev–Trinajstić information content (AvgIpc) is 1.96. The molecule has 0 aliphatic rings. The fourth-order valence-electron chi connectivity index (χ4n) is 0.522. The first-order chi connectivity index (χ1) is 5.27. The third kappa shape index (κ3) is 8.95. The van der Waals surface area contributed by atoms with Crippen molar-refractivity contribution in [3.63, 3.8) is 0 Å². The summed E-state index contributed by atoms with van der Waals surface area (Å²) in [6, 6.07) is 0. The zero-order valence-electron chi connectivity index (χ0n) is 7.04. The molecule has 0 aromatic heterocycles. The van der Waals surface area contributed by atoms with Crippen molar-refractivity contribution in [2.45, 2.75) is 26.7 Å². The van der Waals surface area contributed by atoms with Crippen LogP contribution in [0.5, 0.6) is 0 Å². The van der Waals surface area contributed by atoms with Crippen molar-refractivity contribution in [3.8, 4) is 0 Å². The molecule has 0 aromatic rings. The molecule has 62 valence electrons. The topological polar surface area (TPSA) is 26.3 Å². The lowest BCUT2D eigenvalue weighted by Crippen LogP contribution is -1.88. The van der Waals surface area contributed by atoms with E-state index in [1.54, 1.807) is 6.08 Å². The number of carbonyl (C=O) groups is 1. The molecule has 11 heavy (non-hydrogen) atoms. The zero-order chi connectivity index (χ0) is 8.53. The van der Waals surface area contributed by atoms with Crippen LogP contribution in [-0.2, 0) is 9.53 Å². The number of unbranched alkanes of at least 4 members (excludes halogenated alkanes) is 1. The highest BCUT2D eigenvalue weighted by molar-refractivity contribution is 5.66. The van der Waals surface area contributed by atoms with Gasteiger partial charge < -0.3 is 4.74 Å². The Kier molecular flexibility index (Phi) is 6.39. The molecule has 0 aromatic carbocycles. The van der Waals surface area contributed by atoms with Crippen molar-refractivity contribution in [1.82, 2.24) is 0 Å². The number of hydrogen-bond acceptors (Lipinski definition) is 2. The van der Waals surface area contributed by atoms with Gasteiger partial charge in [-0.3, -0.25) is 4.79 Å². The van der Waals surface area contributed by atoms with Crippen LogP contribution in [0, 0.1) is 0 Å². The maximum absolute atomic E-state index is 10.2. The number of rotatable bonds is 4. The van der Waals surface area contributed by atoms with Gasteiger partial charge in [-0.25, -0.2) is 0 Å². The van der Waals surface area contributed by atoms with Gasteiger partial charge in [-0.15, -0.1) is 0 Å². The molecule has 2 nitrogen and oxygen atoms in total. The molecule has 0 aliphatic carbocycles. The molecule has 0 saturated heterocycles. The van der Waals surface area contributed by atoms with Crippen molar-refractivity contribution in [3.05, 3.63) is 24.5 Å². The van der Waals surface area contributed by atoms with Crippen LogP contribution in [0.4, 0.5) is 0 Å². The summed E-state index contributed by atoms with van der Waals surface area (Å²) in [5.74, 6) is -0.287. The summed E-state index contributed by atoms with van der Waals surface area (Å²) >= 11 is 0. The number of esters is 1. The fraction of sp³-hybridized carbons (Fsp3) is 0.444. The van der Waals surface area contributed by atoms with E-state index in [1.165, 1.54) is 13.2 Å². The van der Waals surface area contributed by atoms with E-state index in [0.29, 0.717) is 0 Å². The van der Waals surface area contributed by atoms with Gasteiger partial charge in [0.05, 0.1) is 6.26 Å². The average molecular weight is 154 g/mol. The standard InChI is InChI=1S/C9H14O2/c1-3-4-5-6-7-8-11-9(2)10/h5-8H,3-4H2,1-2H3. The molecule has 0 N–H and O–H groups in total. The van der Waals surface area contributed by atoms with Crippen molar-refractivity contribution in [2.24, 2.45) is 0 Å². The minimum Gasteiger partial charge on any atom is -0.435 e. The van der Waals surface area contributed by atoms with E-state index < -0.39 is 0 Å². The van der Waals surface area contributed by atoms with Crippen molar-refractivity contribution in [1.29, 1.82) is 0 Å². The Morgan fingerprint density at radius 3 is 2.73 bits per heavy atom. The Balaban J connectivity index is 3.36. The second-order valence-electron chi connectivity index (χ2n) is 2.15. The number of ether oxygens (including phenoxy) is 1. The maximum Gasteiger partial charge on any atom is 0.307 e. The normalized spacial score (nSPS) is 11.1. The summed E-state index contributed by atoms with van der Waals surface area (Å²) in [6.07, 6.45) is 9.18. The van der Waals surface area contributed by atoms with Crippen LogP contribution in [0.25, 0.3) is 0 Å². The Labute approximate surface area is 67.6 Å². The predicted molar refractivity (Wildman–Crippen MR) is 45.0 cm³/mol. The number of allylic oxidation sites excluding steroid dienone is 3. The van der Waals surface area contributed by atoms with Gasteiger partial charge >= 0.3 is 5.97 Å². The van der Waals surface area contributed by atoms with Crippen LogP contribution >= 0.6 is 0 Å². The smallest absolute Gasteiger partial charge is 0.307 e. The van der Waals surface area contributed by atoms with Gasteiger partial charge in [-0.1, -0.05) is 25.5 Å². The van der Waals surface area contributed by atoms with E-state index in [1.807, 2.05) is 12.2 Å². The molecule has 0 rings (SSSR count). The number of hydrogen-bond donors (Lipinski definition) is 0. The predicted octanol–water partition coefficient (Wildman–Crippen LogP) is 2.42. The van der Waals surface area contributed by atoms with Gasteiger partial charge in [-0.2, -0.15) is 0 Å². The Hall–Kier alpha value is -1.05. The molecule has 0 aliphatic heterocycles. The Morgan fingerprint density at radius 2 is 2.18 bits per heavy atom. The Morgan fingerprint density at radius 1 is 1.45 bits per heavy atom. The molecule has 0 amide bonds. The molecule has 2 heteroatoms. The summed E-state index contributed by atoms with van der Waals surface area (Å²) in [5, 5.41) is 0. The zero-order valence-corrected chi connectivity index (χ0v) is 7.04. The largest absolute Gasteiger partial charge is 0.435 e. The summed E-state index contributed by atoms with van der Waals surface area (Å²) in [5.41, 5.74) is 0. The quantitative estimate of drug-likeness (QED) is 0.353. The molecule has 0 fully saturated rings. The SMILES string of the molecule is CCCC=CC=COC(C)=O. The van der Waals surface area contributed by atoms with Gasteiger partial charge in [0.25, 0.3) is 0 Å². The van der Waals surface area contributed by atoms with Gasteiger partial charge in [-0.05, 0) is 12.5 Å². The summed E-state index contributed by atoms with van der Waals surface area (Å²) < 4.78 is 4.55. The van der Waals surface area contributed by atoms with Crippen LogP contribution < -0.4 is 0 Å². The minimum absolute atomic E-state index is 0.287. The third-order valence-electron chi connectivity index (χ3n) is 1.02. The molecule has 0 spiro atoms. The molecule has 0 atom stereocenters. The first-order valence-electron chi connectivity index (χ1n) is 3.76. The summed E-state index contributed by atoms with van der Waals surface area (Å²) in [4.78, 5) is 10.2. The van der Waals surface area contributed by atoms with E-state index in [2.05, 4.69) is 11.7 Å². The highest BCUT2D eigenvalue weighted by Gasteiger charge is 1.81. The van der Waals surface area contributed by atoms with Crippen LogP contribution in [0.2, 0.25) is 0 Å². The third-order valence-corrected chi connectivity index (χ3v) is 1.02. The van der Waals surface area contributed by atoms with Crippen molar-refractivity contribution < 1.29 is 9.53 Å². The van der Waals surface area contributed by atoms with Crippen LogP contribution in [0.15, 0.2) is 24.5 Å². The first kappa shape index (κ1) is 9.95. The fourth-order valence-corrected chi connectivity index (χ4v) is 0.522. The highest BCUT2D eigenvalue weighted by Crippen LogP contribution is 1.89. The lowest BCUT2D eigenvalue weighted by Gasteiger charge is -1.87. The van der Waals surface area contributed by atoms with E-state index >= 15 is 0 Å². The number of carbonyl (C=O) groups excluding carboxylic acids is 1. The van der Waals surface area contributed by atoms with Crippen LogP contribution in [0.3, 0.4) is 0 Å². The summed E-state index contributed by atoms with van der Waals surface area (Å²) in [7, 11) is 0. The molecule has 0 unspecified atom stereocenters. The van der Waals surface area contributed by atoms with Crippen LogP contribution in [-0.4, -0.2) is 5.97 Å². The van der Waals surface area contributed by atoms with Crippen molar-refractivity contribution in [2.75, 3.05) is 0 Å². The van der Waals surface area contributed by atoms with Gasteiger partial charge in [0, 0.05) is 6.92 Å². The highest BCUT2D eigenvalue weighted by atomic mass is 16.5. The van der Waals surface area contributed by atoms with Gasteiger partial charge in [0.15, 0.2) is 0 Å². The lowest BCUT2D eigenvalue weighted by molar-refractivity contribution is -0.135. The van der Waals surface area contributed by atoms with Gasteiger partial charge in [0.2, 0.25) is 0 Å². The molecule has 0 saturated carbocycles. The molecule has 0 bridgehead atoms. The molecule has 0 radical (unpaired) electrons. The van der Waals surface area contributed by atoms with E-state index in [-0.39, 0.29) is 5.97 Å². The monoisotopic (exact) mass is 154 g/mol. The van der Waals surface area contributed by atoms with Crippen LogP contribution in [0.1, 0.15) is 26.7 Å². The van der Waals surface area contributed by atoms with E-state index in [9.17, 15) is 4.79 Å². The second-order valence-corrected chi connectivity index (χ2v) is 2.15. The molecular weight excluding hydrogens is 140 g/mol. The first-order valence-corrected chi connectivity index (χ1v) is 3.76. The Bertz CT molecular complexity index is 157. The molecule has 0 heterocycles. The van der Waals surface area contributed by atoms with E-state index in [4.69, 9.17) is 0 Å². The van der Waals surface area contributed by atoms with Gasteiger partial charge in [0.1, 0.15) is 0 Å². The van der Waals surface area contributed by atoms with E-state index in [0.717, 1.165) is 12.8 Å².